The van der Waals surface area contributed by atoms with Crippen LogP contribution in [0.5, 0.6) is 5.88 Å². The van der Waals surface area contributed by atoms with Gasteiger partial charge in [0.05, 0.1) is 22.8 Å². The molecule has 0 spiro atoms. The predicted octanol–water partition coefficient (Wildman–Crippen LogP) is 4.57. The van der Waals surface area contributed by atoms with Crippen LogP contribution < -0.4 is 10.1 Å². The van der Waals surface area contributed by atoms with Crippen molar-refractivity contribution in [1.29, 1.82) is 0 Å². The lowest BCUT2D eigenvalue weighted by Gasteiger charge is -2.17. The van der Waals surface area contributed by atoms with Gasteiger partial charge in [0.2, 0.25) is 5.88 Å². The summed E-state index contributed by atoms with van der Waals surface area (Å²) in [5, 5.41) is 4.43. The highest BCUT2D eigenvalue weighted by Crippen LogP contribution is 2.29. The minimum absolute atomic E-state index is 0.0628. The van der Waals surface area contributed by atoms with Crippen LogP contribution in [0.4, 0.5) is 5.69 Å². The van der Waals surface area contributed by atoms with Gasteiger partial charge in [0, 0.05) is 12.2 Å². The summed E-state index contributed by atoms with van der Waals surface area (Å²) in [5.74, 6) is 0.564. The molecule has 1 heterocycles. The summed E-state index contributed by atoms with van der Waals surface area (Å²) in [5.41, 5.74) is 1.88. The van der Waals surface area contributed by atoms with Crippen LogP contribution in [0.25, 0.3) is 0 Å². The van der Waals surface area contributed by atoms with E-state index in [4.69, 9.17) is 27.9 Å². The first-order chi connectivity index (χ1) is 9.11. The smallest absolute Gasteiger partial charge is 0.237 e. The molecule has 3 nitrogen and oxygen atoms in total. The molecule has 19 heavy (non-hydrogen) atoms. The van der Waals surface area contributed by atoms with Crippen LogP contribution in [0, 0.1) is 0 Å². The summed E-state index contributed by atoms with van der Waals surface area (Å²) >= 11 is 11.9. The number of halogens is 2. The van der Waals surface area contributed by atoms with Crippen LogP contribution in [-0.2, 0) is 0 Å². The number of hydrogen-bond donors (Lipinski definition) is 1. The third-order valence-corrected chi connectivity index (χ3v) is 3.52. The largest absolute Gasteiger partial charge is 0.480 e. The molecular weight excluding hydrogens is 283 g/mol. The van der Waals surface area contributed by atoms with E-state index in [-0.39, 0.29) is 6.04 Å². The van der Waals surface area contributed by atoms with Gasteiger partial charge in [-0.05, 0) is 36.8 Å². The van der Waals surface area contributed by atoms with E-state index in [0.717, 1.165) is 11.3 Å². The molecule has 1 N–H and O–H groups in total. The van der Waals surface area contributed by atoms with Crippen molar-refractivity contribution in [3.63, 3.8) is 0 Å². The van der Waals surface area contributed by atoms with Crippen molar-refractivity contribution < 1.29 is 4.74 Å². The molecule has 0 aliphatic rings. The van der Waals surface area contributed by atoms with E-state index in [2.05, 4.69) is 10.3 Å². The molecule has 0 fully saturated rings. The molecule has 0 aliphatic carbocycles. The van der Waals surface area contributed by atoms with Gasteiger partial charge < -0.3 is 10.1 Å². The van der Waals surface area contributed by atoms with Crippen molar-refractivity contribution in [2.24, 2.45) is 0 Å². The fourth-order valence-electron chi connectivity index (χ4n) is 1.76. The second-order valence-corrected chi connectivity index (χ2v) is 4.91. The predicted molar refractivity (Wildman–Crippen MR) is 79.3 cm³/mol. The second-order valence-electron chi connectivity index (χ2n) is 4.10. The van der Waals surface area contributed by atoms with Crippen LogP contribution in [0.1, 0.15) is 18.5 Å². The molecule has 1 aromatic heterocycles. The molecule has 0 amide bonds. The number of rotatable bonds is 4. The second kappa shape index (κ2) is 6.13. The summed E-state index contributed by atoms with van der Waals surface area (Å²) in [4.78, 5) is 4.14. The number of methoxy groups -OCH3 is 1. The van der Waals surface area contributed by atoms with Crippen molar-refractivity contribution in [1.82, 2.24) is 4.98 Å². The highest BCUT2D eigenvalue weighted by molar-refractivity contribution is 6.42. The molecule has 1 unspecified atom stereocenters. The number of anilines is 1. The fraction of sp³-hybridized carbons (Fsp3) is 0.214. The Bertz CT molecular complexity index is 575. The van der Waals surface area contributed by atoms with Gasteiger partial charge in [-0.1, -0.05) is 29.3 Å². The molecule has 0 aliphatic heterocycles. The Kier molecular flexibility index (Phi) is 4.51. The van der Waals surface area contributed by atoms with Crippen molar-refractivity contribution in [3.05, 3.63) is 52.1 Å². The van der Waals surface area contributed by atoms with Crippen molar-refractivity contribution in [2.45, 2.75) is 13.0 Å². The number of pyridine rings is 1. The third-order valence-electron chi connectivity index (χ3n) is 2.78. The normalized spacial score (nSPS) is 12.0. The minimum atomic E-state index is 0.0628. The molecule has 0 saturated heterocycles. The average molecular weight is 297 g/mol. The molecule has 0 bridgehead atoms. The van der Waals surface area contributed by atoms with E-state index >= 15 is 0 Å². The van der Waals surface area contributed by atoms with Gasteiger partial charge >= 0.3 is 0 Å². The lowest BCUT2D eigenvalue weighted by molar-refractivity contribution is 0.399. The molecule has 1 aromatic carbocycles. The summed E-state index contributed by atoms with van der Waals surface area (Å²) < 4.78 is 5.20. The SMILES string of the molecule is COc1ncccc1NC(C)c1ccc(Cl)c(Cl)c1. The summed E-state index contributed by atoms with van der Waals surface area (Å²) in [7, 11) is 1.59. The minimum Gasteiger partial charge on any atom is -0.480 e. The van der Waals surface area contributed by atoms with Crippen molar-refractivity contribution >= 4 is 28.9 Å². The Labute approximate surface area is 122 Å². The van der Waals surface area contributed by atoms with E-state index in [1.165, 1.54) is 0 Å². The fourth-order valence-corrected chi connectivity index (χ4v) is 2.07. The lowest BCUT2D eigenvalue weighted by atomic mass is 10.1. The molecule has 2 aromatic rings. The molecular formula is C14H14Cl2N2O. The topological polar surface area (TPSA) is 34.1 Å². The monoisotopic (exact) mass is 296 g/mol. The van der Waals surface area contributed by atoms with Crippen LogP contribution >= 0.6 is 23.2 Å². The summed E-state index contributed by atoms with van der Waals surface area (Å²) in [6.07, 6.45) is 1.69. The molecule has 0 radical (unpaired) electrons. The Balaban J connectivity index is 2.20. The molecule has 0 saturated carbocycles. The van der Waals surface area contributed by atoms with Crippen molar-refractivity contribution in [3.8, 4) is 5.88 Å². The first-order valence-electron chi connectivity index (χ1n) is 5.82. The Hall–Kier alpha value is -1.45. The van der Waals surface area contributed by atoms with Gasteiger partial charge in [0.1, 0.15) is 0 Å². The Morgan fingerprint density at radius 3 is 2.68 bits per heavy atom. The zero-order chi connectivity index (χ0) is 13.8. The van der Waals surface area contributed by atoms with Crippen LogP contribution in [0.15, 0.2) is 36.5 Å². The van der Waals surface area contributed by atoms with E-state index in [0.29, 0.717) is 15.9 Å². The lowest BCUT2D eigenvalue weighted by Crippen LogP contribution is -2.08. The van der Waals surface area contributed by atoms with E-state index in [1.54, 1.807) is 19.4 Å². The standard InChI is InChI=1S/C14H14Cl2N2O/c1-9(10-5-6-11(15)12(16)8-10)18-13-4-3-7-17-14(13)19-2/h3-9,18H,1-2H3. The molecule has 1 atom stereocenters. The highest BCUT2D eigenvalue weighted by Gasteiger charge is 2.10. The van der Waals surface area contributed by atoms with Crippen LogP contribution in [0.3, 0.4) is 0 Å². The van der Waals surface area contributed by atoms with Gasteiger partial charge in [0.25, 0.3) is 0 Å². The highest BCUT2D eigenvalue weighted by atomic mass is 35.5. The molecule has 100 valence electrons. The number of ether oxygens (including phenoxy) is 1. The van der Waals surface area contributed by atoms with Gasteiger partial charge in [-0.2, -0.15) is 0 Å². The summed E-state index contributed by atoms with van der Waals surface area (Å²) in [6.45, 7) is 2.03. The average Bonchev–Trinajstić information content (AvgIpc) is 2.42. The molecule has 5 heteroatoms. The Morgan fingerprint density at radius 2 is 2.00 bits per heavy atom. The number of aromatic nitrogens is 1. The van der Waals surface area contributed by atoms with E-state index < -0.39 is 0 Å². The van der Waals surface area contributed by atoms with Crippen LogP contribution in [0.2, 0.25) is 10.0 Å². The Morgan fingerprint density at radius 1 is 1.21 bits per heavy atom. The van der Waals surface area contributed by atoms with Gasteiger partial charge in [-0.15, -0.1) is 0 Å². The van der Waals surface area contributed by atoms with Crippen LogP contribution in [-0.4, -0.2) is 12.1 Å². The molecule has 2 rings (SSSR count). The first kappa shape index (κ1) is 14.0. The first-order valence-corrected chi connectivity index (χ1v) is 6.58. The van der Waals surface area contributed by atoms with Gasteiger partial charge in [-0.3, -0.25) is 0 Å². The maximum absolute atomic E-state index is 6.02. The third kappa shape index (κ3) is 3.31. The van der Waals surface area contributed by atoms with Gasteiger partial charge in [-0.25, -0.2) is 4.98 Å². The number of nitrogens with one attached hydrogen (secondary N) is 1. The summed E-state index contributed by atoms with van der Waals surface area (Å²) in [6, 6.07) is 9.41. The van der Waals surface area contributed by atoms with E-state index in [1.807, 2.05) is 31.2 Å². The number of nitrogens with zero attached hydrogens (tertiary/aromatic N) is 1. The van der Waals surface area contributed by atoms with Crippen molar-refractivity contribution in [2.75, 3.05) is 12.4 Å². The zero-order valence-corrected chi connectivity index (χ0v) is 12.2. The number of benzene rings is 1. The maximum atomic E-state index is 6.02. The quantitative estimate of drug-likeness (QED) is 0.897. The van der Waals surface area contributed by atoms with E-state index in [9.17, 15) is 0 Å². The van der Waals surface area contributed by atoms with Gasteiger partial charge in [0.15, 0.2) is 0 Å². The maximum Gasteiger partial charge on any atom is 0.237 e. The zero-order valence-electron chi connectivity index (χ0n) is 10.7. The number of hydrogen-bond acceptors (Lipinski definition) is 3.